The summed E-state index contributed by atoms with van der Waals surface area (Å²) in [4.78, 5) is 17.6. The molecule has 6 heteroatoms. The van der Waals surface area contributed by atoms with Gasteiger partial charge in [0.2, 0.25) is 0 Å². The van der Waals surface area contributed by atoms with Gasteiger partial charge in [0.25, 0.3) is 5.91 Å². The molecule has 1 aliphatic carbocycles. The lowest BCUT2D eigenvalue weighted by atomic mass is 9.88. The Kier molecular flexibility index (Phi) is 7.89. The number of benzene rings is 1. The lowest BCUT2D eigenvalue weighted by Gasteiger charge is -2.36. The summed E-state index contributed by atoms with van der Waals surface area (Å²) < 4.78 is 0. The minimum Gasteiger partial charge on any atom is -0.369 e. The minimum absolute atomic E-state index is 0.0666. The van der Waals surface area contributed by atoms with Crippen molar-refractivity contribution in [3.8, 4) is 0 Å². The van der Waals surface area contributed by atoms with Gasteiger partial charge in [-0.2, -0.15) is 0 Å². The summed E-state index contributed by atoms with van der Waals surface area (Å²) in [5.74, 6) is 0.414. The molecule has 1 fully saturated rings. The van der Waals surface area contributed by atoms with Gasteiger partial charge >= 0.3 is 0 Å². The van der Waals surface area contributed by atoms with Crippen molar-refractivity contribution < 1.29 is 4.79 Å². The normalized spacial score (nSPS) is 17.8. The molecule has 170 valence electrons. The van der Waals surface area contributed by atoms with Crippen LogP contribution in [0.5, 0.6) is 0 Å². The molecular formula is C25H39N5O. The Hall–Kier alpha value is -2.18. The number of carbonyl (C=O) groups excluding carboxylic acids is 1. The van der Waals surface area contributed by atoms with E-state index >= 15 is 0 Å². The van der Waals surface area contributed by atoms with Crippen LogP contribution in [0.1, 0.15) is 81.6 Å². The molecule has 0 spiro atoms. The molecule has 0 bridgehead atoms. The molecule has 2 atom stereocenters. The fraction of sp³-hybridized carbons (Fsp3) is 0.600. The number of amides is 1. The summed E-state index contributed by atoms with van der Waals surface area (Å²) in [5.41, 5.74) is 8.42. The van der Waals surface area contributed by atoms with Gasteiger partial charge in [-0.15, -0.1) is 0 Å². The van der Waals surface area contributed by atoms with Gasteiger partial charge in [-0.3, -0.25) is 4.79 Å². The summed E-state index contributed by atoms with van der Waals surface area (Å²) in [6.45, 7) is 9.09. The lowest BCUT2D eigenvalue weighted by molar-refractivity contribution is 0.0942. The average molecular weight is 426 g/mol. The number of carbonyl (C=O) groups is 1. The molecule has 5 N–H and O–H groups in total. The van der Waals surface area contributed by atoms with Crippen LogP contribution in [0.25, 0.3) is 10.9 Å². The molecule has 0 aliphatic heterocycles. The van der Waals surface area contributed by atoms with Crippen LogP contribution in [0.4, 0.5) is 5.82 Å². The number of hydrogen-bond acceptors (Lipinski definition) is 5. The van der Waals surface area contributed by atoms with Crippen molar-refractivity contribution >= 4 is 22.6 Å². The molecule has 1 heterocycles. The number of pyridine rings is 1. The number of nitrogens with one attached hydrogen (secondary N) is 3. The van der Waals surface area contributed by atoms with Gasteiger partial charge in [-0.1, -0.05) is 37.8 Å². The number of aryl methyl sites for hydroxylation is 1. The van der Waals surface area contributed by atoms with Crippen LogP contribution in [-0.2, 0) is 0 Å². The van der Waals surface area contributed by atoms with Gasteiger partial charge in [0, 0.05) is 23.5 Å². The monoisotopic (exact) mass is 425 g/mol. The Morgan fingerprint density at radius 1 is 1.26 bits per heavy atom. The van der Waals surface area contributed by atoms with Crippen molar-refractivity contribution in [2.75, 3.05) is 11.9 Å². The molecular weight excluding hydrogens is 386 g/mol. The molecule has 31 heavy (non-hydrogen) atoms. The van der Waals surface area contributed by atoms with Crippen molar-refractivity contribution in [1.82, 2.24) is 15.6 Å². The summed E-state index contributed by atoms with van der Waals surface area (Å²) in [6.07, 6.45) is 8.17. The maximum Gasteiger partial charge on any atom is 0.256 e. The SMILES string of the molecule is CCC(C)(CCNc1nc2ccc(C)cc2cc1C(=O)NC(C)N)NC1CCCCC1. The first-order valence-corrected chi connectivity index (χ1v) is 11.8. The zero-order valence-corrected chi connectivity index (χ0v) is 19.6. The largest absolute Gasteiger partial charge is 0.369 e. The highest BCUT2D eigenvalue weighted by atomic mass is 16.1. The number of nitrogens with two attached hydrogens (primary N) is 1. The lowest BCUT2D eigenvalue weighted by Crippen LogP contribution is -2.49. The summed E-state index contributed by atoms with van der Waals surface area (Å²) >= 11 is 0. The molecule has 1 aromatic carbocycles. The Morgan fingerprint density at radius 3 is 2.68 bits per heavy atom. The van der Waals surface area contributed by atoms with Crippen LogP contribution in [-0.4, -0.2) is 35.2 Å². The Bertz CT molecular complexity index is 891. The second-order valence-corrected chi connectivity index (χ2v) is 9.41. The van der Waals surface area contributed by atoms with Crippen LogP contribution < -0.4 is 21.7 Å². The number of hydrogen-bond donors (Lipinski definition) is 4. The number of fused-ring (bicyclic) bond motifs is 1. The second kappa shape index (κ2) is 10.4. The summed E-state index contributed by atoms with van der Waals surface area (Å²) in [5, 5.41) is 11.1. The Morgan fingerprint density at radius 2 is 2.00 bits per heavy atom. The summed E-state index contributed by atoms with van der Waals surface area (Å²) in [6, 6.07) is 8.63. The maximum absolute atomic E-state index is 12.8. The first-order chi connectivity index (χ1) is 14.8. The van der Waals surface area contributed by atoms with Crippen LogP contribution in [0.2, 0.25) is 0 Å². The van der Waals surface area contributed by atoms with Crippen molar-refractivity contribution in [2.45, 2.75) is 90.4 Å². The molecule has 3 rings (SSSR count). The topological polar surface area (TPSA) is 92.1 Å². The molecule has 2 aromatic rings. The zero-order valence-electron chi connectivity index (χ0n) is 19.6. The van der Waals surface area contributed by atoms with E-state index in [4.69, 9.17) is 10.7 Å². The van der Waals surface area contributed by atoms with E-state index in [1.807, 2.05) is 25.1 Å². The Labute approximate surface area is 186 Å². The zero-order chi connectivity index (χ0) is 22.4. The first-order valence-electron chi connectivity index (χ1n) is 11.8. The predicted octanol–water partition coefficient (Wildman–Crippen LogP) is 4.47. The summed E-state index contributed by atoms with van der Waals surface area (Å²) in [7, 11) is 0. The maximum atomic E-state index is 12.8. The van der Waals surface area contributed by atoms with E-state index in [0.717, 1.165) is 35.9 Å². The van der Waals surface area contributed by atoms with E-state index < -0.39 is 6.17 Å². The smallest absolute Gasteiger partial charge is 0.256 e. The van der Waals surface area contributed by atoms with Crippen molar-refractivity contribution in [3.05, 3.63) is 35.4 Å². The molecule has 0 saturated heterocycles. The van der Waals surface area contributed by atoms with E-state index in [2.05, 4.69) is 35.9 Å². The quantitative estimate of drug-likeness (QED) is 0.445. The average Bonchev–Trinajstić information content (AvgIpc) is 2.73. The van der Waals surface area contributed by atoms with E-state index in [1.54, 1.807) is 6.92 Å². The predicted molar refractivity (Wildman–Crippen MR) is 129 cm³/mol. The highest BCUT2D eigenvalue weighted by molar-refractivity contribution is 6.02. The van der Waals surface area contributed by atoms with Crippen molar-refractivity contribution in [1.29, 1.82) is 0 Å². The second-order valence-electron chi connectivity index (χ2n) is 9.41. The van der Waals surface area contributed by atoms with Crippen molar-refractivity contribution in [2.24, 2.45) is 5.73 Å². The third-order valence-corrected chi connectivity index (χ3v) is 6.48. The fourth-order valence-electron chi connectivity index (χ4n) is 4.44. The van der Waals surface area contributed by atoms with Crippen LogP contribution in [0.15, 0.2) is 24.3 Å². The molecule has 6 nitrogen and oxygen atoms in total. The van der Waals surface area contributed by atoms with Gasteiger partial charge in [0.1, 0.15) is 5.82 Å². The molecule has 1 aromatic heterocycles. The molecule has 1 aliphatic rings. The van der Waals surface area contributed by atoms with Gasteiger partial charge in [0.15, 0.2) is 0 Å². The fourth-order valence-corrected chi connectivity index (χ4v) is 4.44. The van der Waals surface area contributed by atoms with Gasteiger partial charge in [-0.05, 0) is 64.7 Å². The number of rotatable bonds is 9. The molecule has 1 saturated carbocycles. The highest BCUT2D eigenvalue weighted by Gasteiger charge is 2.26. The van der Waals surface area contributed by atoms with E-state index in [-0.39, 0.29) is 11.4 Å². The molecule has 1 amide bonds. The highest BCUT2D eigenvalue weighted by Crippen LogP contribution is 2.25. The van der Waals surface area contributed by atoms with Crippen LogP contribution in [0, 0.1) is 6.92 Å². The number of anilines is 1. The van der Waals surface area contributed by atoms with Crippen LogP contribution in [0.3, 0.4) is 0 Å². The van der Waals surface area contributed by atoms with Crippen LogP contribution >= 0.6 is 0 Å². The Balaban J connectivity index is 1.75. The number of nitrogens with zero attached hydrogens (tertiary/aromatic N) is 1. The molecule has 0 radical (unpaired) electrons. The van der Waals surface area contributed by atoms with Crippen molar-refractivity contribution in [3.63, 3.8) is 0 Å². The minimum atomic E-state index is -0.420. The van der Waals surface area contributed by atoms with E-state index in [9.17, 15) is 4.79 Å². The molecule has 2 unspecified atom stereocenters. The van der Waals surface area contributed by atoms with Gasteiger partial charge < -0.3 is 21.7 Å². The van der Waals surface area contributed by atoms with Gasteiger partial charge in [0.05, 0.1) is 17.2 Å². The van der Waals surface area contributed by atoms with Gasteiger partial charge in [-0.25, -0.2) is 4.98 Å². The first kappa shape index (κ1) is 23.5. The third-order valence-electron chi connectivity index (χ3n) is 6.48. The standard InChI is InChI=1S/C25H39N5O/c1-5-25(4,30-20-9-7-6-8-10-20)13-14-27-23-21(24(31)28-18(3)26)16-19-15-17(2)11-12-22(19)29-23/h11-12,15-16,18,20,30H,5-10,13-14,26H2,1-4H3,(H,27,29)(H,28,31). The third kappa shape index (κ3) is 6.40. The van der Waals surface area contributed by atoms with E-state index in [1.165, 1.54) is 32.1 Å². The number of aromatic nitrogens is 1. The van der Waals surface area contributed by atoms with E-state index in [0.29, 0.717) is 17.4 Å².